The van der Waals surface area contributed by atoms with Crippen LogP contribution in [0.25, 0.3) is 0 Å². The van der Waals surface area contributed by atoms with Crippen molar-refractivity contribution in [2.45, 2.75) is 38.0 Å². The van der Waals surface area contributed by atoms with Crippen molar-refractivity contribution in [1.29, 1.82) is 5.41 Å². The Balaban J connectivity index is 4.40. The summed E-state index contributed by atoms with van der Waals surface area (Å²) < 4.78 is 0. The van der Waals surface area contributed by atoms with Crippen molar-refractivity contribution in [2.75, 3.05) is 13.1 Å². The van der Waals surface area contributed by atoms with Crippen molar-refractivity contribution in [3.63, 3.8) is 0 Å². The Hall–Kier alpha value is -2.40. The molecular formula is C12H24N6O5. The number of hydrogen-bond donors (Lipinski definition) is 8. The lowest BCUT2D eigenvalue weighted by Gasteiger charge is -2.22. The second kappa shape index (κ2) is 10.3. The smallest absolute Gasteiger partial charge is 0.322 e. The maximum Gasteiger partial charge on any atom is 0.322 e. The van der Waals surface area contributed by atoms with Crippen LogP contribution in [0.1, 0.15) is 19.8 Å². The van der Waals surface area contributed by atoms with Gasteiger partial charge in [0.2, 0.25) is 11.8 Å². The molecule has 0 aromatic heterocycles. The van der Waals surface area contributed by atoms with E-state index < -0.39 is 42.5 Å². The fraction of sp³-hybridized carbons (Fsp3) is 0.667. The number of carboxylic acid groups (broad SMARTS) is 1. The summed E-state index contributed by atoms with van der Waals surface area (Å²) in [7, 11) is 0. The number of aliphatic hydroxyl groups excluding tert-OH is 1. The van der Waals surface area contributed by atoms with Gasteiger partial charge in [0.1, 0.15) is 12.6 Å². The van der Waals surface area contributed by atoms with E-state index in [1.54, 1.807) is 0 Å². The molecule has 0 aliphatic rings. The molecule has 132 valence electrons. The predicted molar refractivity (Wildman–Crippen MR) is 81.4 cm³/mol. The Kier molecular flexibility index (Phi) is 9.27. The van der Waals surface area contributed by atoms with Crippen molar-refractivity contribution in [2.24, 2.45) is 11.5 Å². The van der Waals surface area contributed by atoms with Crippen LogP contribution in [0.2, 0.25) is 0 Å². The molecule has 0 saturated carbocycles. The normalized spacial score (nSPS) is 14.2. The highest BCUT2D eigenvalue weighted by molar-refractivity contribution is 5.91. The molecule has 0 spiro atoms. The number of guanidine groups is 1. The molecule has 0 bridgehead atoms. The van der Waals surface area contributed by atoms with Crippen LogP contribution in [0.5, 0.6) is 0 Å². The Morgan fingerprint density at radius 3 is 2.30 bits per heavy atom. The number of rotatable bonds is 10. The topological polar surface area (TPSA) is 204 Å². The maximum absolute atomic E-state index is 11.9. The van der Waals surface area contributed by atoms with E-state index in [4.69, 9.17) is 22.0 Å². The Bertz CT molecular complexity index is 442. The number of carboxylic acids is 1. The molecule has 0 heterocycles. The van der Waals surface area contributed by atoms with Crippen molar-refractivity contribution in [3.05, 3.63) is 0 Å². The van der Waals surface area contributed by atoms with Crippen LogP contribution in [-0.4, -0.2) is 65.2 Å². The average Bonchev–Trinajstić information content (AvgIpc) is 2.45. The first-order chi connectivity index (χ1) is 10.6. The number of amides is 2. The summed E-state index contributed by atoms with van der Waals surface area (Å²) in [5, 5.41) is 31.9. The summed E-state index contributed by atoms with van der Waals surface area (Å²) in [6, 6.07) is -2.22. The third-order valence-corrected chi connectivity index (χ3v) is 2.82. The van der Waals surface area contributed by atoms with Gasteiger partial charge in [-0.05, 0) is 19.8 Å². The zero-order chi connectivity index (χ0) is 18.0. The van der Waals surface area contributed by atoms with Crippen LogP contribution < -0.4 is 27.4 Å². The number of carbonyl (C=O) groups is 3. The summed E-state index contributed by atoms with van der Waals surface area (Å²) >= 11 is 0. The number of nitrogens with one attached hydrogen (secondary N) is 4. The van der Waals surface area contributed by atoms with Gasteiger partial charge in [-0.2, -0.15) is 0 Å². The van der Waals surface area contributed by atoms with Crippen LogP contribution in [0.3, 0.4) is 0 Å². The molecule has 0 aliphatic heterocycles. The van der Waals surface area contributed by atoms with Gasteiger partial charge in [-0.1, -0.05) is 0 Å². The standard InChI is InChI=1S/C12H24N6O5/c1-6(19)9(11(23)17-5-8(20)21)18-10(22)7(13)3-2-4-16-12(14)15/h6-7,9,19H,2-5,13H2,1H3,(H,17,23)(H,18,22)(H,20,21)(H4,14,15,16)/t6-,7+,9+/m0/s1. The molecule has 10 N–H and O–H groups in total. The molecule has 11 heteroatoms. The van der Waals surface area contributed by atoms with Gasteiger partial charge >= 0.3 is 5.97 Å². The number of hydrogen-bond acceptors (Lipinski definition) is 6. The van der Waals surface area contributed by atoms with Crippen LogP contribution in [0.4, 0.5) is 0 Å². The van der Waals surface area contributed by atoms with Crippen LogP contribution in [0, 0.1) is 5.41 Å². The summed E-state index contributed by atoms with van der Waals surface area (Å²) in [5.41, 5.74) is 10.8. The van der Waals surface area contributed by atoms with Crippen molar-refractivity contribution in [1.82, 2.24) is 16.0 Å². The second-order valence-electron chi connectivity index (χ2n) is 4.93. The summed E-state index contributed by atoms with van der Waals surface area (Å²) in [6.07, 6.45) is -0.479. The number of aliphatic hydroxyl groups is 1. The highest BCUT2D eigenvalue weighted by Crippen LogP contribution is 1.98. The zero-order valence-corrected chi connectivity index (χ0v) is 12.8. The number of nitrogens with two attached hydrogens (primary N) is 2. The molecule has 0 fully saturated rings. The molecule has 0 aliphatic carbocycles. The van der Waals surface area contributed by atoms with Crippen molar-refractivity contribution in [3.8, 4) is 0 Å². The van der Waals surface area contributed by atoms with Gasteiger partial charge in [-0.15, -0.1) is 0 Å². The highest BCUT2D eigenvalue weighted by Gasteiger charge is 2.27. The van der Waals surface area contributed by atoms with E-state index in [1.807, 2.05) is 0 Å². The fourth-order valence-electron chi connectivity index (χ4n) is 1.61. The molecular weight excluding hydrogens is 308 g/mol. The lowest BCUT2D eigenvalue weighted by Crippen LogP contribution is -2.56. The Labute approximate surface area is 133 Å². The van der Waals surface area contributed by atoms with E-state index in [0.717, 1.165) is 0 Å². The van der Waals surface area contributed by atoms with E-state index in [1.165, 1.54) is 6.92 Å². The largest absolute Gasteiger partial charge is 0.480 e. The fourth-order valence-corrected chi connectivity index (χ4v) is 1.61. The second-order valence-corrected chi connectivity index (χ2v) is 4.93. The summed E-state index contributed by atoms with van der Waals surface area (Å²) in [6.45, 7) is 1.03. The highest BCUT2D eigenvalue weighted by atomic mass is 16.4. The minimum atomic E-state index is -1.30. The molecule has 0 saturated heterocycles. The SMILES string of the molecule is C[C@H](O)[C@@H](NC(=O)[C@H](N)CCCNC(=N)N)C(=O)NCC(=O)O. The molecule has 0 aromatic rings. The van der Waals surface area contributed by atoms with Gasteiger partial charge in [0, 0.05) is 6.54 Å². The molecule has 3 atom stereocenters. The maximum atomic E-state index is 11.9. The summed E-state index contributed by atoms with van der Waals surface area (Å²) in [4.78, 5) is 34.0. The molecule has 23 heavy (non-hydrogen) atoms. The average molecular weight is 332 g/mol. The van der Waals surface area contributed by atoms with Crippen molar-refractivity contribution >= 4 is 23.7 Å². The van der Waals surface area contributed by atoms with Gasteiger partial charge in [0.25, 0.3) is 0 Å². The third-order valence-electron chi connectivity index (χ3n) is 2.82. The molecule has 0 radical (unpaired) electrons. The van der Waals surface area contributed by atoms with Gasteiger partial charge in [-0.3, -0.25) is 19.8 Å². The van der Waals surface area contributed by atoms with E-state index in [9.17, 15) is 19.5 Å². The minimum Gasteiger partial charge on any atom is -0.480 e. The van der Waals surface area contributed by atoms with E-state index in [0.29, 0.717) is 13.0 Å². The Morgan fingerprint density at radius 1 is 1.22 bits per heavy atom. The van der Waals surface area contributed by atoms with Gasteiger partial charge in [0.05, 0.1) is 12.1 Å². The van der Waals surface area contributed by atoms with E-state index >= 15 is 0 Å². The molecule has 0 rings (SSSR count). The third kappa shape index (κ3) is 9.26. The monoisotopic (exact) mass is 332 g/mol. The summed E-state index contributed by atoms with van der Waals surface area (Å²) in [5.74, 6) is -2.90. The molecule has 11 nitrogen and oxygen atoms in total. The van der Waals surface area contributed by atoms with E-state index in [2.05, 4.69) is 16.0 Å². The van der Waals surface area contributed by atoms with E-state index in [-0.39, 0.29) is 12.4 Å². The van der Waals surface area contributed by atoms with Crippen LogP contribution >= 0.6 is 0 Å². The van der Waals surface area contributed by atoms with Crippen LogP contribution in [-0.2, 0) is 14.4 Å². The van der Waals surface area contributed by atoms with Crippen LogP contribution in [0.15, 0.2) is 0 Å². The first kappa shape index (κ1) is 20.6. The van der Waals surface area contributed by atoms with Gasteiger partial charge < -0.3 is 37.6 Å². The zero-order valence-electron chi connectivity index (χ0n) is 12.8. The molecule has 0 unspecified atom stereocenters. The lowest BCUT2D eigenvalue weighted by molar-refractivity contribution is -0.139. The lowest BCUT2D eigenvalue weighted by atomic mass is 10.1. The molecule has 0 aromatic carbocycles. The number of carbonyl (C=O) groups excluding carboxylic acids is 2. The quantitative estimate of drug-likeness (QED) is 0.115. The van der Waals surface area contributed by atoms with Gasteiger partial charge in [-0.25, -0.2) is 0 Å². The van der Waals surface area contributed by atoms with Gasteiger partial charge in [0.15, 0.2) is 5.96 Å². The Morgan fingerprint density at radius 2 is 1.83 bits per heavy atom. The first-order valence-electron chi connectivity index (χ1n) is 6.96. The number of aliphatic carboxylic acids is 1. The molecule has 2 amide bonds. The minimum absolute atomic E-state index is 0.188. The first-order valence-corrected chi connectivity index (χ1v) is 6.96. The predicted octanol–water partition coefficient (Wildman–Crippen LogP) is -3.36. The van der Waals surface area contributed by atoms with Crippen molar-refractivity contribution < 1.29 is 24.6 Å².